The molecule has 0 radical (unpaired) electrons. The fourth-order valence-electron chi connectivity index (χ4n) is 2.11. The molecule has 5 heteroatoms. The summed E-state index contributed by atoms with van der Waals surface area (Å²) in [7, 11) is 0. The van der Waals surface area contributed by atoms with Gasteiger partial charge in [0.2, 0.25) is 0 Å². The van der Waals surface area contributed by atoms with Crippen LogP contribution in [0.5, 0.6) is 0 Å². The molecule has 0 atom stereocenters. The molecule has 0 amide bonds. The van der Waals surface area contributed by atoms with Crippen LogP contribution in [-0.2, 0) is 0 Å². The van der Waals surface area contributed by atoms with Crippen LogP contribution in [0.3, 0.4) is 0 Å². The molecule has 20 heavy (non-hydrogen) atoms. The van der Waals surface area contributed by atoms with Crippen molar-refractivity contribution in [1.82, 2.24) is 9.97 Å². The van der Waals surface area contributed by atoms with E-state index in [0.29, 0.717) is 17.0 Å². The fourth-order valence-corrected chi connectivity index (χ4v) is 2.11. The summed E-state index contributed by atoms with van der Waals surface area (Å²) >= 11 is 0. The summed E-state index contributed by atoms with van der Waals surface area (Å²) in [6, 6.07) is 11.5. The maximum absolute atomic E-state index is 9.14. The molecule has 1 heterocycles. The summed E-state index contributed by atoms with van der Waals surface area (Å²) in [5, 5.41) is 18.3. The molecule has 1 aromatic heterocycles. The van der Waals surface area contributed by atoms with Crippen molar-refractivity contribution in [2.45, 2.75) is 19.8 Å². The van der Waals surface area contributed by atoms with E-state index in [1.165, 1.54) is 0 Å². The molecule has 5 nitrogen and oxygen atoms in total. The minimum atomic E-state index is -0.900. The summed E-state index contributed by atoms with van der Waals surface area (Å²) in [6.45, 7) is 5.52. The smallest absolute Gasteiger partial charge is 0.178 e. The zero-order valence-electron chi connectivity index (χ0n) is 11.5. The molecule has 2 rings (SSSR count). The Balaban J connectivity index is 2.71. The zero-order valence-corrected chi connectivity index (χ0v) is 11.5. The van der Waals surface area contributed by atoms with Crippen molar-refractivity contribution in [3.8, 4) is 12.1 Å². The van der Waals surface area contributed by atoms with Gasteiger partial charge in [-0.3, -0.25) is 0 Å². The highest BCUT2D eigenvalue weighted by molar-refractivity contribution is 5.77. The Bertz CT molecular complexity index is 677. The van der Waals surface area contributed by atoms with Gasteiger partial charge in [-0.15, -0.1) is 0 Å². The Morgan fingerprint density at radius 3 is 2.10 bits per heavy atom. The first kappa shape index (κ1) is 13.8. The number of nitriles is 2. The van der Waals surface area contributed by atoms with Gasteiger partial charge in [0.1, 0.15) is 5.69 Å². The summed E-state index contributed by atoms with van der Waals surface area (Å²) in [6.07, 6.45) is 0. The average molecular weight is 265 g/mol. The highest BCUT2D eigenvalue weighted by atomic mass is 15.2. The van der Waals surface area contributed by atoms with E-state index in [4.69, 9.17) is 10.5 Å². The maximum atomic E-state index is 9.14. The molecule has 0 saturated carbocycles. The number of nitrogens with zero attached hydrogens (tertiary/aromatic N) is 5. The van der Waals surface area contributed by atoms with Crippen LogP contribution < -0.4 is 4.90 Å². The van der Waals surface area contributed by atoms with Gasteiger partial charge >= 0.3 is 0 Å². The molecule has 2 aromatic rings. The maximum Gasteiger partial charge on any atom is 0.178 e. The molecule has 1 aromatic carbocycles. The van der Waals surface area contributed by atoms with E-state index in [1.807, 2.05) is 55.2 Å². The molecule has 0 aliphatic rings. The first-order chi connectivity index (χ1) is 9.74. The van der Waals surface area contributed by atoms with Crippen molar-refractivity contribution < 1.29 is 0 Å². The van der Waals surface area contributed by atoms with Crippen LogP contribution >= 0.6 is 0 Å². The van der Waals surface area contributed by atoms with E-state index >= 15 is 0 Å². The lowest BCUT2D eigenvalue weighted by Gasteiger charge is -2.22. The van der Waals surface area contributed by atoms with Crippen LogP contribution in [0.2, 0.25) is 0 Å². The van der Waals surface area contributed by atoms with E-state index in [1.54, 1.807) is 0 Å². The van der Waals surface area contributed by atoms with Crippen molar-refractivity contribution in [2.24, 2.45) is 0 Å². The lowest BCUT2D eigenvalue weighted by Crippen LogP contribution is -2.25. The van der Waals surface area contributed by atoms with Crippen LogP contribution in [0.25, 0.3) is 11.0 Å². The van der Waals surface area contributed by atoms with Crippen molar-refractivity contribution >= 4 is 16.9 Å². The van der Waals surface area contributed by atoms with Crippen molar-refractivity contribution in [3.63, 3.8) is 0 Å². The van der Waals surface area contributed by atoms with E-state index in [0.717, 1.165) is 18.6 Å². The third kappa shape index (κ3) is 2.39. The van der Waals surface area contributed by atoms with E-state index in [9.17, 15) is 0 Å². The Hall–Kier alpha value is -2.66. The number of anilines is 1. The average Bonchev–Trinajstić information content (AvgIpc) is 2.50. The van der Waals surface area contributed by atoms with Gasteiger partial charge in [0, 0.05) is 13.1 Å². The molecular weight excluding hydrogens is 250 g/mol. The molecule has 0 spiro atoms. The topological polar surface area (TPSA) is 76.6 Å². The molecular formula is C15H15N5. The third-order valence-electron chi connectivity index (χ3n) is 3.17. The fraction of sp³-hybridized carbons (Fsp3) is 0.333. The predicted octanol–water partition coefficient (Wildman–Crippen LogP) is 2.61. The van der Waals surface area contributed by atoms with Crippen LogP contribution in [0.4, 0.5) is 5.82 Å². The van der Waals surface area contributed by atoms with E-state index < -0.39 is 5.92 Å². The SMILES string of the molecule is CCN(CC)c1nc2ccccc2nc1C(C#N)C#N. The van der Waals surface area contributed by atoms with E-state index in [2.05, 4.69) is 9.97 Å². The molecule has 0 N–H and O–H groups in total. The quantitative estimate of drug-likeness (QED) is 0.849. The lowest BCUT2D eigenvalue weighted by molar-refractivity contribution is 0.826. The number of aromatic nitrogens is 2. The first-order valence-electron chi connectivity index (χ1n) is 6.56. The van der Waals surface area contributed by atoms with Crippen LogP contribution in [0.1, 0.15) is 25.5 Å². The van der Waals surface area contributed by atoms with Crippen LogP contribution in [0.15, 0.2) is 24.3 Å². The number of fused-ring (bicyclic) bond motifs is 1. The molecule has 0 fully saturated rings. The highest BCUT2D eigenvalue weighted by Gasteiger charge is 2.21. The number of rotatable bonds is 4. The summed E-state index contributed by atoms with van der Waals surface area (Å²) in [4.78, 5) is 11.1. The van der Waals surface area contributed by atoms with Gasteiger partial charge in [0.15, 0.2) is 11.7 Å². The van der Waals surface area contributed by atoms with Crippen LogP contribution in [-0.4, -0.2) is 23.1 Å². The first-order valence-corrected chi connectivity index (χ1v) is 6.56. The number of hydrogen-bond acceptors (Lipinski definition) is 5. The van der Waals surface area contributed by atoms with Gasteiger partial charge in [-0.05, 0) is 26.0 Å². The van der Waals surface area contributed by atoms with E-state index in [-0.39, 0.29) is 0 Å². The van der Waals surface area contributed by atoms with Gasteiger partial charge in [-0.25, -0.2) is 9.97 Å². The van der Waals surface area contributed by atoms with Gasteiger partial charge in [-0.1, -0.05) is 12.1 Å². The van der Waals surface area contributed by atoms with Gasteiger partial charge in [0.25, 0.3) is 0 Å². The van der Waals surface area contributed by atoms with Crippen LogP contribution in [0, 0.1) is 22.7 Å². The van der Waals surface area contributed by atoms with Crippen molar-refractivity contribution in [2.75, 3.05) is 18.0 Å². The molecule has 0 bridgehead atoms. The van der Waals surface area contributed by atoms with Crippen molar-refractivity contribution in [3.05, 3.63) is 30.0 Å². The Morgan fingerprint density at radius 2 is 1.60 bits per heavy atom. The summed E-state index contributed by atoms with van der Waals surface area (Å²) < 4.78 is 0. The Morgan fingerprint density at radius 1 is 1.05 bits per heavy atom. The number of hydrogen-bond donors (Lipinski definition) is 0. The van der Waals surface area contributed by atoms with Gasteiger partial charge in [0.05, 0.1) is 23.2 Å². The number of benzene rings is 1. The second kappa shape index (κ2) is 5.99. The summed E-state index contributed by atoms with van der Waals surface area (Å²) in [5.41, 5.74) is 1.92. The number of para-hydroxylation sites is 2. The normalized spacial score (nSPS) is 10.2. The summed E-state index contributed by atoms with van der Waals surface area (Å²) in [5.74, 6) is -0.274. The Labute approximate surface area is 118 Å². The molecule has 100 valence electrons. The predicted molar refractivity (Wildman–Crippen MR) is 77.1 cm³/mol. The molecule has 0 aliphatic carbocycles. The Kier molecular flexibility index (Phi) is 4.12. The van der Waals surface area contributed by atoms with Gasteiger partial charge in [-0.2, -0.15) is 10.5 Å². The van der Waals surface area contributed by atoms with Gasteiger partial charge < -0.3 is 4.90 Å². The molecule has 0 unspecified atom stereocenters. The van der Waals surface area contributed by atoms with Crippen molar-refractivity contribution in [1.29, 1.82) is 10.5 Å². The molecule has 0 saturated heterocycles. The lowest BCUT2D eigenvalue weighted by atomic mass is 10.1. The molecule has 0 aliphatic heterocycles. The largest absolute Gasteiger partial charge is 0.356 e. The minimum Gasteiger partial charge on any atom is -0.356 e. The highest BCUT2D eigenvalue weighted by Crippen LogP contribution is 2.26. The second-order valence-electron chi connectivity index (χ2n) is 4.28. The standard InChI is InChI=1S/C15H15N5/c1-3-20(4-2)15-14(11(9-16)10-17)18-12-7-5-6-8-13(12)19-15/h5-8,11H,3-4H2,1-2H3. The zero-order chi connectivity index (χ0) is 14.5. The second-order valence-corrected chi connectivity index (χ2v) is 4.28. The third-order valence-corrected chi connectivity index (χ3v) is 3.17. The monoisotopic (exact) mass is 265 g/mol. The minimum absolute atomic E-state index is 0.442.